The molecule has 0 aliphatic heterocycles. The zero-order chi connectivity index (χ0) is 27.2. The summed E-state index contributed by atoms with van der Waals surface area (Å²) in [5, 5.41) is 5.96. The Morgan fingerprint density at radius 2 is 1.61 bits per heavy atom. The summed E-state index contributed by atoms with van der Waals surface area (Å²) in [5.41, 5.74) is 0.101. The van der Waals surface area contributed by atoms with Crippen LogP contribution in [0, 0.1) is 5.82 Å². The van der Waals surface area contributed by atoms with Crippen LogP contribution in [0.25, 0.3) is 0 Å². The maximum Gasteiger partial charge on any atom is 0.422 e. The van der Waals surface area contributed by atoms with Gasteiger partial charge in [0.2, 0.25) is 0 Å². The SMILES string of the molecule is O=C(Nc1ccccc1)NC(Cc1ccccc1)(c1cc(F)cc(OCC(F)(F)F)c1)c1ccc(Cl)cn1. The standard InChI is InChI=1S/C28H22ClF4N3O2/c29-21-11-12-25(34-17-21)27(16-19-7-3-1-4-8-19,36-26(37)35-23-9-5-2-6-10-23)20-13-22(30)15-24(14-20)38-18-28(31,32)33/h1-15,17H,16,18H2,(H2,35,36,37). The van der Waals surface area contributed by atoms with Gasteiger partial charge in [-0.1, -0.05) is 60.1 Å². The Labute approximate surface area is 221 Å². The van der Waals surface area contributed by atoms with E-state index in [-0.39, 0.29) is 23.4 Å². The van der Waals surface area contributed by atoms with Crippen LogP contribution in [-0.4, -0.2) is 23.8 Å². The third-order valence-electron chi connectivity index (χ3n) is 5.60. The molecule has 1 atom stereocenters. The minimum absolute atomic E-state index is 0.0762. The maximum atomic E-state index is 14.8. The first kappa shape index (κ1) is 26.9. The van der Waals surface area contributed by atoms with Crippen molar-refractivity contribution in [2.75, 3.05) is 11.9 Å². The number of pyridine rings is 1. The highest BCUT2D eigenvalue weighted by molar-refractivity contribution is 6.30. The summed E-state index contributed by atoms with van der Waals surface area (Å²) in [5.74, 6) is -1.20. The largest absolute Gasteiger partial charge is 0.484 e. The highest BCUT2D eigenvalue weighted by Gasteiger charge is 2.39. The van der Waals surface area contributed by atoms with Gasteiger partial charge >= 0.3 is 12.2 Å². The van der Waals surface area contributed by atoms with Gasteiger partial charge in [0.25, 0.3) is 0 Å². The number of aromatic nitrogens is 1. The molecular formula is C28H22ClF4N3O2. The fourth-order valence-corrected chi connectivity index (χ4v) is 4.10. The molecule has 4 rings (SSSR count). The van der Waals surface area contributed by atoms with Crippen LogP contribution in [0.1, 0.15) is 16.8 Å². The van der Waals surface area contributed by atoms with Crippen molar-refractivity contribution in [3.63, 3.8) is 0 Å². The van der Waals surface area contributed by atoms with Crippen molar-refractivity contribution >= 4 is 23.3 Å². The lowest BCUT2D eigenvalue weighted by Gasteiger charge is -2.35. The summed E-state index contributed by atoms with van der Waals surface area (Å²) in [4.78, 5) is 17.7. The smallest absolute Gasteiger partial charge is 0.422 e. The molecule has 196 valence electrons. The number of urea groups is 1. The molecule has 10 heteroatoms. The van der Waals surface area contributed by atoms with Gasteiger partial charge in [0.15, 0.2) is 6.61 Å². The van der Waals surface area contributed by atoms with E-state index in [0.29, 0.717) is 10.7 Å². The molecule has 0 saturated carbocycles. The van der Waals surface area contributed by atoms with Crippen molar-refractivity contribution in [3.8, 4) is 5.75 Å². The molecule has 5 nitrogen and oxygen atoms in total. The molecule has 2 amide bonds. The number of benzene rings is 3. The topological polar surface area (TPSA) is 63.2 Å². The number of ether oxygens (including phenoxy) is 1. The first-order valence-electron chi connectivity index (χ1n) is 11.4. The molecule has 1 aromatic heterocycles. The molecule has 0 aliphatic rings. The van der Waals surface area contributed by atoms with Crippen molar-refractivity contribution in [1.29, 1.82) is 0 Å². The second-order valence-corrected chi connectivity index (χ2v) is 8.89. The number of rotatable bonds is 8. The number of alkyl halides is 3. The van der Waals surface area contributed by atoms with Crippen LogP contribution in [0.2, 0.25) is 5.02 Å². The van der Waals surface area contributed by atoms with E-state index in [4.69, 9.17) is 16.3 Å². The highest BCUT2D eigenvalue weighted by Crippen LogP contribution is 2.36. The quantitative estimate of drug-likeness (QED) is 0.233. The number of nitrogens with one attached hydrogen (secondary N) is 2. The zero-order valence-corrected chi connectivity index (χ0v) is 20.6. The van der Waals surface area contributed by atoms with Crippen LogP contribution in [0.15, 0.2) is 97.2 Å². The number of carbonyl (C=O) groups is 1. The van der Waals surface area contributed by atoms with E-state index in [1.807, 2.05) is 18.2 Å². The first-order chi connectivity index (χ1) is 18.1. The van der Waals surface area contributed by atoms with Crippen LogP contribution >= 0.6 is 11.6 Å². The Bertz CT molecular complexity index is 1370. The first-order valence-corrected chi connectivity index (χ1v) is 11.8. The molecule has 1 unspecified atom stereocenters. The van der Waals surface area contributed by atoms with E-state index in [1.54, 1.807) is 54.6 Å². The number of anilines is 1. The molecule has 4 aromatic rings. The number of halogens is 5. The monoisotopic (exact) mass is 543 g/mol. The molecule has 0 radical (unpaired) electrons. The zero-order valence-electron chi connectivity index (χ0n) is 19.8. The van der Waals surface area contributed by atoms with Crippen molar-refractivity contribution in [2.45, 2.75) is 18.1 Å². The van der Waals surface area contributed by atoms with Gasteiger partial charge in [0, 0.05) is 24.4 Å². The van der Waals surface area contributed by atoms with Crippen molar-refractivity contribution in [2.24, 2.45) is 0 Å². The van der Waals surface area contributed by atoms with Gasteiger partial charge in [-0.3, -0.25) is 4.98 Å². The van der Waals surface area contributed by atoms with Gasteiger partial charge in [0.1, 0.15) is 17.1 Å². The summed E-state index contributed by atoms with van der Waals surface area (Å²) in [6.45, 7) is -1.61. The van der Waals surface area contributed by atoms with Crippen LogP contribution in [0.4, 0.5) is 28.0 Å². The number of carbonyl (C=O) groups excluding carboxylic acids is 1. The summed E-state index contributed by atoms with van der Waals surface area (Å²) < 4.78 is 58.2. The Balaban J connectivity index is 1.85. The Hall–Kier alpha value is -4.11. The lowest BCUT2D eigenvalue weighted by Crippen LogP contribution is -2.50. The normalized spacial score (nSPS) is 12.9. The molecule has 1 heterocycles. The Kier molecular flexibility index (Phi) is 8.16. The Morgan fingerprint density at radius 3 is 2.24 bits per heavy atom. The van der Waals surface area contributed by atoms with Crippen molar-refractivity contribution in [1.82, 2.24) is 10.3 Å². The van der Waals surface area contributed by atoms with E-state index < -0.39 is 30.2 Å². The molecule has 0 aliphatic carbocycles. The van der Waals surface area contributed by atoms with Gasteiger partial charge in [0.05, 0.1) is 10.7 Å². The number of amides is 2. The third-order valence-corrected chi connectivity index (χ3v) is 5.83. The second kappa shape index (κ2) is 11.5. The van der Waals surface area contributed by atoms with Crippen molar-refractivity contribution in [3.05, 3.63) is 125 Å². The minimum atomic E-state index is -4.63. The number of hydrogen-bond donors (Lipinski definition) is 2. The predicted octanol–water partition coefficient (Wildman–Crippen LogP) is 7.12. The van der Waals surface area contributed by atoms with Gasteiger partial charge in [-0.2, -0.15) is 13.2 Å². The second-order valence-electron chi connectivity index (χ2n) is 8.45. The molecule has 38 heavy (non-hydrogen) atoms. The molecule has 0 fully saturated rings. The van der Waals surface area contributed by atoms with Crippen LogP contribution in [0.5, 0.6) is 5.75 Å². The predicted molar refractivity (Wildman–Crippen MR) is 137 cm³/mol. The lowest BCUT2D eigenvalue weighted by atomic mass is 9.80. The number of nitrogens with zero attached hydrogens (tertiary/aromatic N) is 1. The van der Waals surface area contributed by atoms with Gasteiger partial charge in [-0.05, 0) is 47.5 Å². The number of hydrogen-bond acceptors (Lipinski definition) is 3. The van der Waals surface area contributed by atoms with Gasteiger partial charge in [-0.15, -0.1) is 0 Å². The summed E-state index contributed by atoms with van der Waals surface area (Å²) in [6.07, 6.45) is -3.18. The van der Waals surface area contributed by atoms with Crippen molar-refractivity contribution < 1.29 is 27.1 Å². The minimum Gasteiger partial charge on any atom is -0.484 e. The summed E-state index contributed by atoms with van der Waals surface area (Å²) >= 11 is 6.07. The van der Waals surface area contributed by atoms with Crippen LogP contribution in [-0.2, 0) is 12.0 Å². The summed E-state index contributed by atoms with van der Waals surface area (Å²) in [7, 11) is 0. The van der Waals surface area contributed by atoms with E-state index >= 15 is 0 Å². The Morgan fingerprint density at radius 1 is 0.921 bits per heavy atom. The third kappa shape index (κ3) is 7.01. The average Bonchev–Trinajstić information content (AvgIpc) is 2.88. The lowest BCUT2D eigenvalue weighted by molar-refractivity contribution is -0.153. The summed E-state index contributed by atoms with van der Waals surface area (Å²) in [6, 6.07) is 23.4. The average molecular weight is 544 g/mol. The molecule has 0 saturated heterocycles. The highest BCUT2D eigenvalue weighted by atomic mass is 35.5. The number of para-hydroxylation sites is 1. The van der Waals surface area contributed by atoms with E-state index in [1.165, 1.54) is 12.3 Å². The van der Waals surface area contributed by atoms with E-state index in [9.17, 15) is 22.4 Å². The van der Waals surface area contributed by atoms with E-state index in [0.717, 1.165) is 17.7 Å². The van der Waals surface area contributed by atoms with Gasteiger partial charge < -0.3 is 15.4 Å². The fraction of sp³-hybridized carbons (Fsp3) is 0.143. The van der Waals surface area contributed by atoms with Crippen LogP contribution in [0.3, 0.4) is 0 Å². The molecule has 0 spiro atoms. The fourth-order valence-electron chi connectivity index (χ4n) is 3.99. The molecule has 0 bridgehead atoms. The molecule has 2 N–H and O–H groups in total. The van der Waals surface area contributed by atoms with Crippen LogP contribution < -0.4 is 15.4 Å². The molecular weight excluding hydrogens is 522 g/mol. The maximum absolute atomic E-state index is 14.8. The molecule has 3 aromatic carbocycles. The van der Waals surface area contributed by atoms with Gasteiger partial charge in [-0.25, -0.2) is 9.18 Å². The van der Waals surface area contributed by atoms with E-state index in [2.05, 4.69) is 15.6 Å².